The Balaban J connectivity index is 2.34. The summed E-state index contributed by atoms with van der Waals surface area (Å²) in [5, 5.41) is 9.02. The number of aliphatic hydroxyl groups excluding tert-OH is 1. The van der Waals surface area contributed by atoms with Gasteiger partial charge < -0.3 is 5.11 Å². The van der Waals surface area contributed by atoms with Gasteiger partial charge in [0.1, 0.15) is 0 Å². The normalized spacial score (nSPS) is 15.3. The molecule has 0 spiro atoms. The van der Waals surface area contributed by atoms with E-state index in [1.807, 2.05) is 0 Å². The predicted octanol–water partition coefficient (Wildman–Crippen LogP) is 1.13. The summed E-state index contributed by atoms with van der Waals surface area (Å²) in [6.45, 7) is -0.172. The highest BCUT2D eigenvalue weighted by atomic mass is 32.1. The van der Waals surface area contributed by atoms with Crippen LogP contribution in [0.3, 0.4) is 0 Å². The SMILES string of the molecule is O=c1cc(CO)nc2sc3c(n12)CCCC3. The molecule has 0 aromatic carbocycles. The zero-order chi connectivity index (χ0) is 11.1. The maximum Gasteiger partial charge on any atom is 0.259 e. The molecule has 84 valence electrons. The maximum atomic E-state index is 11.9. The van der Waals surface area contributed by atoms with Gasteiger partial charge in [0.05, 0.1) is 12.3 Å². The summed E-state index contributed by atoms with van der Waals surface area (Å²) in [6, 6.07) is 1.43. The molecule has 4 nitrogen and oxygen atoms in total. The fraction of sp³-hybridized carbons (Fsp3) is 0.455. The molecule has 0 atom stereocenters. The second-order valence-electron chi connectivity index (χ2n) is 4.04. The molecule has 2 aromatic rings. The maximum absolute atomic E-state index is 11.9. The van der Waals surface area contributed by atoms with Crippen LogP contribution in [-0.2, 0) is 19.4 Å². The quantitative estimate of drug-likeness (QED) is 0.807. The number of thiazole rings is 1. The summed E-state index contributed by atoms with van der Waals surface area (Å²) in [5.74, 6) is 0. The summed E-state index contributed by atoms with van der Waals surface area (Å²) < 4.78 is 1.71. The number of nitrogens with zero attached hydrogens (tertiary/aromatic N) is 2. The van der Waals surface area contributed by atoms with Crippen molar-refractivity contribution in [2.24, 2.45) is 0 Å². The van der Waals surface area contributed by atoms with Gasteiger partial charge in [-0.2, -0.15) is 0 Å². The lowest BCUT2D eigenvalue weighted by Crippen LogP contribution is -2.17. The van der Waals surface area contributed by atoms with E-state index in [4.69, 9.17) is 5.11 Å². The number of aromatic nitrogens is 2. The van der Waals surface area contributed by atoms with Crippen LogP contribution in [0.1, 0.15) is 29.1 Å². The van der Waals surface area contributed by atoms with Crippen LogP contribution < -0.4 is 5.56 Å². The highest BCUT2D eigenvalue weighted by Crippen LogP contribution is 2.28. The van der Waals surface area contributed by atoms with Gasteiger partial charge in [-0.05, 0) is 25.7 Å². The molecule has 0 unspecified atom stereocenters. The minimum atomic E-state index is -0.172. The van der Waals surface area contributed by atoms with E-state index in [0.29, 0.717) is 5.69 Å². The Kier molecular flexibility index (Phi) is 2.29. The van der Waals surface area contributed by atoms with Gasteiger partial charge in [-0.15, -0.1) is 11.3 Å². The number of hydrogen-bond donors (Lipinski definition) is 1. The third-order valence-corrected chi connectivity index (χ3v) is 4.12. The Morgan fingerprint density at radius 2 is 2.25 bits per heavy atom. The van der Waals surface area contributed by atoms with E-state index >= 15 is 0 Å². The van der Waals surface area contributed by atoms with E-state index in [2.05, 4.69) is 4.98 Å². The van der Waals surface area contributed by atoms with E-state index in [1.54, 1.807) is 15.7 Å². The third-order valence-electron chi connectivity index (χ3n) is 2.98. The summed E-state index contributed by atoms with van der Waals surface area (Å²) in [7, 11) is 0. The molecule has 0 bridgehead atoms. The van der Waals surface area contributed by atoms with E-state index in [0.717, 1.165) is 29.9 Å². The Bertz CT molecular complexity index is 600. The lowest BCUT2D eigenvalue weighted by atomic mass is 10.0. The third kappa shape index (κ3) is 1.39. The largest absolute Gasteiger partial charge is 0.390 e. The van der Waals surface area contributed by atoms with E-state index < -0.39 is 0 Å². The first-order valence-corrected chi connectivity index (χ1v) is 6.25. The van der Waals surface area contributed by atoms with Gasteiger partial charge in [0, 0.05) is 16.6 Å². The topological polar surface area (TPSA) is 54.6 Å². The number of fused-ring (bicyclic) bond motifs is 3. The number of aliphatic hydroxyl groups is 1. The Morgan fingerprint density at radius 1 is 1.44 bits per heavy atom. The van der Waals surface area contributed by atoms with Gasteiger partial charge >= 0.3 is 0 Å². The molecule has 16 heavy (non-hydrogen) atoms. The van der Waals surface area contributed by atoms with E-state index in [-0.39, 0.29) is 12.2 Å². The molecular formula is C11H12N2O2S. The van der Waals surface area contributed by atoms with Crippen molar-refractivity contribution < 1.29 is 5.11 Å². The Morgan fingerprint density at radius 3 is 3.06 bits per heavy atom. The van der Waals surface area contributed by atoms with Gasteiger partial charge in [0.2, 0.25) is 0 Å². The molecule has 1 aliphatic rings. The molecule has 0 saturated heterocycles. The fourth-order valence-corrected chi connectivity index (χ4v) is 3.46. The zero-order valence-electron chi connectivity index (χ0n) is 8.77. The zero-order valence-corrected chi connectivity index (χ0v) is 9.59. The van der Waals surface area contributed by atoms with Crippen LogP contribution in [0.4, 0.5) is 0 Å². The van der Waals surface area contributed by atoms with E-state index in [1.165, 1.54) is 17.4 Å². The van der Waals surface area contributed by atoms with Crippen molar-refractivity contribution in [2.45, 2.75) is 32.3 Å². The minimum Gasteiger partial charge on any atom is -0.390 e. The van der Waals surface area contributed by atoms with Crippen molar-refractivity contribution >= 4 is 16.3 Å². The van der Waals surface area contributed by atoms with Gasteiger partial charge in [-0.25, -0.2) is 4.98 Å². The molecule has 0 saturated carbocycles. The monoisotopic (exact) mass is 236 g/mol. The van der Waals surface area contributed by atoms with Crippen molar-refractivity contribution in [2.75, 3.05) is 0 Å². The second kappa shape index (κ2) is 3.68. The molecule has 1 aliphatic carbocycles. The molecule has 5 heteroatoms. The van der Waals surface area contributed by atoms with Crippen LogP contribution in [0, 0.1) is 0 Å². The van der Waals surface area contributed by atoms with Crippen LogP contribution in [-0.4, -0.2) is 14.5 Å². The minimum absolute atomic E-state index is 0.0616. The molecule has 2 heterocycles. The first kappa shape index (κ1) is 9.99. The van der Waals surface area contributed by atoms with Crippen LogP contribution in [0.15, 0.2) is 10.9 Å². The summed E-state index contributed by atoms with van der Waals surface area (Å²) in [6.07, 6.45) is 4.36. The molecule has 0 fully saturated rings. The smallest absolute Gasteiger partial charge is 0.259 e. The van der Waals surface area contributed by atoms with Crippen molar-refractivity contribution in [3.05, 3.63) is 32.7 Å². The molecule has 0 amide bonds. The number of hydrogen-bond acceptors (Lipinski definition) is 4. The van der Waals surface area contributed by atoms with Crippen LogP contribution in [0.25, 0.3) is 4.96 Å². The highest BCUT2D eigenvalue weighted by Gasteiger charge is 2.18. The first-order valence-electron chi connectivity index (χ1n) is 5.43. The molecule has 3 rings (SSSR count). The first-order chi connectivity index (χ1) is 7.79. The van der Waals surface area contributed by atoms with Gasteiger partial charge in [0.15, 0.2) is 4.96 Å². The summed E-state index contributed by atoms with van der Waals surface area (Å²) in [4.78, 5) is 18.2. The van der Waals surface area contributed by atoms with Gasteiger partial charge in [-0.3, -0.25) is 9.20 Å². The van der Waals surface area contributed by atoms with E-state index in [9.17, 15) is 4.79 Å². The lowest BCUT2D eigenvalue weighted by Gasteiger charge is -2.09. The molecule has 0 aliphatic heterocycles. The highest BCUT2D eigenvalue weighted by molar-refractivity contribution is 7.17. The second-order valence-corrected chi connectivity index (χ2v) is 5.10. The summed E-state index contributed by atoms with van der Waals surface area (Å²) in [5.41, 5.74) is 1.53. The van der Waals surface area contributed by atoms with Crippen molar-refractivity contribution in [1.82, 2.24) is 9.38 Å². The van der Waals surface area contributed by atoms with Crippen LogP contribution in [0.2, 0.25) is 0 Å². The molecule has 1 N–H and O–H groups in total. The van der Waals surface area contributed by atoms with Crippen molar-refractivity contribution in [1.29, 1.82) is 0 Å². The lowest BCUT2D eigenvalue weighted by molar-refractivity contribution is 0.277. The molecule has 0 radical (unpaired) electrons. The van der Waals surface area contributed by atoms with Crippen LogP contribution in [0.5, 0.6) is 0 Å². The van der Waals surface area contributed by atoms with Crippen molar-refractivity contribution in [3.8, 4) is 0 Å². The predicted molar refractivity (Wildman–Crippen MR) is 61.9 cm³/mol. The van der Waals surface area contributed by atoms with Crippen molar-refractivity contribution in [3.63, 3.8) is 0 Å². The fourth-order valence-electron chi connectivity index (χ4n) is 2.22. The van der Waals surface area contributed by atoms with Gasteiger partial charge in [-0.1, -0.05) is 0 Å². The van der Waals surface area contributed by atoms with Crippen LogP contribution >= 0.6 is 11.3 Å². The molecule has 2 aromatic heterocycles. The number of aryl methyl sites for hydroxylation is 2. The Hall–Kier alpha value is -1.20. The van der Waals surface area contributed by atoms with Gasteiger partial charge in [0.25, 0.3) is 5.56 Å². The average Bonchev–Trinajstić information content (AvgIpc) is 2.67. The summed E-state index contributed by atoms with van der Waals surface area (Å²) >= 11 is 1.58. The number of rotatable bonds is 1. The Labute approximate surface area is 96.2 Å². The molecular weight excluding hydrogens is 224 g/mol. The average molecular weight is 236 g/mol. The standard InChI is InChI=1S/C11H12N2O2S/c14-6-7-5-10(15)13-8-3-1-2-4-9(8)16-11(13)12-7/h5,14H,1-4,6H2.